The summed E-state index contributed by atoms with van der Waals surface area (Å²) < 4.78 is 1.50. The van der Waals surface area contributed by atoms with Crippen LogP contribution in [0.15, 0.2) is 0 Å². The topological polar surface area (TPSA) is 112 Å². The summed E-state index contributed by atoms with van der Waals surface area (Å²) in [4.78, 5) is 31.3. The van der Waals surface area contributed by atoms with E-state index in [9.17, 15) is 14.4 Å². The molecule has 2 radical (unpaired) electrons. The van der Waals surface area contributed by atoms with Gasteiger partial charge in [-0.1, -0.05) is 119 Å². The van der Waals surface area contributed by atoms with E-state index >= 15 is 0 Å². The predicted molar refractivity (Wildman–Crippen MR) is 214 cm³/mol. The summed E-state index contributed by atoms with van der Waals surface area (Å²) in [5, 5.41) is 25.8. The monoisotopic (exact) mass is 807 g/mol. The normalized spacial score (nSPS) is 12.2. The summed E-state index contributed by atoms with van der Waals surface area (Å²) in [5.74, 6) is -2.26. The molecule has 0 amide bonds. The minimum absolute atomic E-state index is 0.111. The van der Waals surface area contributed by atoms with Crippen LogP contribution in [-0.2, 0) is 14.4 Å². The van der Waals surface area contributed by atoms with E-state index < -0.39 is 17.9 Å². The van der Waals surface area contributed by atoms with Gasteiger partial charge in [0.2, 0.25) is 0 Å². The number of unbranched alkanes of at least 4 members (excludes halogenated alkanes) is 18. The fourth-order valence-corrected chi connectivity index (χ4v) is 6.37. The van der Waals surface area contributed by atoms with Crippen LogP contribution >= 0.6 is 0 Å². The maximum atomic E-state index is 10.4. The molecular weight excluding hydrogens is 719 g/mol. The number of hydrogen-bond acceptors (Lipinski definition) is 3. The van der Waals surface area contributed by atoms with Crippen LogP contribution in [0.25, 0.3) is 0 Å². The molecule has 3 N–H and O–H groups in total. The molecule has 0 aromatic rings. The Morgan fingerprint density at radius 1 is 0.367 bits per heavy atom. The molecule has 0 aliphatic heterocycles. The third-order valence-corrected chi connectivity index (χ3v) is 10.5. The minimum atomic E-state index is -0.643. The molecule has 3 atom stereocenters. The first-order valence-corrected chi connectivity index (χ1v) is 23.3. The molecule has 0 fully saturated rings. The number of aliphatic carboxylic acids is 3. The quantitative estimate of drug-likeness (QED) is 0.0475. The standard InChI is InChI=1S/C18H37.3C8H16O2.Sn.H/c1-3-5-7-9-11-13-15-17-18-16-14-12-10-8-6-4-2;3*1-3-5-6-7(4-2)8(9)10;;/h1,3-18H2,2H3;3*7H,3-6H2,1-2H3,(H,9,10);;. The molecule has 0 aromatic carbocycles. The average Bonchev–Trinajstić information content (AvgIpc) is 3.08. The molecule has 0 saturated carbocycles. The molecule has 49 heavy (non-hydrogen) atoms. The van der Waals surface area contributed by atoms with E-state index in [4.69, 9.17) is 15.3 Å². The zero-order valence-corrected chi connectivity index (χ0v) is 37.2. The molecule has 7 heteroatoms. The summed E-state index contributed by atoms with van der Waals surface area (Å²) in [5.41, 5.74) is 0. The summed E-state index contributed by atoms with van der Waals surface area (Å²) in [6, 6.07) is 0. The van der Waals surface area contributed by atoms with Crippen LogP contribution in [0.4, 0.5) is 0 Å². The van der Waals surface area contributed by atoms with Crippen LogP contribution < -0.4 is 0 Å². The van der Waals surface area contributed by atoms with Gasteiger partial charge in [0.25, 0.3) is 0 Å². The molecule has 0 aliphatic rings. The van der Waals surface area contributed by atoms with Gasteiger partial charge in [-0.2, -0.15) is 0 Å². The fraction of sp³-hybridized carbons (Fsp3) is 0.929. The van der Waals surface area contributed by atoms with Gasteiger partial charge in [0.1, 0.15) is 0 Å². The van der Waals surface area contributed by atoms with Crippen molar-refractivity contribution in [3.8, 4) is 0 Å². The molecule has 0 bridgehead atoms. The molecule has 0 aliphatic carbocycles. The Kier molecular flexibility index (Phi) is 53.0. The number of rotatable bonds is 31. The predicted octanol–water partition coefficient (Wildman–Crippen LogP) is 13.4. The van der Waals surface area contributed by atoms with Crippen molar-refractivity contribution in [1.82, 2.24) is 0 Å². The second-order valence-corrected chi connectivity index (χ2v) is 15.5. The fourth-order valence-electron chi connectivity index (χ4n) is 5.55. The molecule has 294 valence electrons. The van der Waals surface area contributed by atoms with Gasteiger partial charge in [0.15, 0.2) is 0 Å². The van der Waals surface area contributed by atoms with Crippen molar-refractivity contribution in [2.24, 2.45) is 17.8 Å². The van der Waals surface area contributed by atoms with Crippen molar-refractivity contribution in [3.63, 3.8) is 0 Å². The average molecular weight is 806 g/mol. The van der Waals surface area contributed by atoms with Gasteiger partial charge in [-0.05, 0) is 38.5 Å². The van der Waals surface area contributed by atoms with Crippen LogP contribution in [-0.4, -0.2) is 55.8 Å². The molecule has 0 rings (SSSR count). The van der Waals surface area contributed by atoms with Crippen LogP contribution in [0, 0.1) is 17.8 Å². The van der Waals surface area contributed by atoms with Crippen molar-refractivity contribution in [1.29, 1.82) is 0 Å². The van der Waals surface area contributed by atoms with E-state index in [0.29, 0.717) is 0 Å². The van der Waals surface area contributed by atoms with E-state index in [1.165, 1.54) is 130 Å². The Balaban J connectivity index is -0.000000291. The number of carboxylic acid groups (broad SMARTS) is 3. The third kappa shape index (κ3) is 47.2. The first-order valence-electron chi connectivity index (χ1n) is 21.0. The Morgan fingerprint density at radius 3 is 0.735 bits per heavy atom. The van der Waals surface area contributed by atoms with Gasteiger partial charge >= 0.3 is 115 Å². The summed E-state index contributed by atoms with van der Waals surface area (Å²) in [6.07, 6.45) is 34.9. The Hall–Kier alpha value is -0.791. The molecule has 0 heterocycles. The van der Waals surface area contributed by atoms with Crippen molar-refractivity contribution in [2.45, 2.75) is 233 Å². The molecule has 3 unspecified atom stereocenters. The number of hydrogen-bond donors (Lipinski definition) is 3. The van der Waals surface area contributed by atoms with E-state index in [2.05, 4.69) is 27.7 Å². The number of carbonyl (C=O) groups is 3. The van der Waals surface area contributed by atoms with E-state index in [1.54, 1.807) is 0 Å². The van der Waals surface area contributed by atoms with Crippen molar-refractivity contribution >= 4 is 40.4 Å². The van der Waals surface area contributed by atoms with E-state index in [0.717, 1.165) is 77.0 Å². The zero-order chi connectivity index (χ0) is 38.0. The van der Waals surface area contributed by atoms with Gasteiger partial charge in [0, 0.05) is 0 Å². The van der Waals surface area contributed by atoms with Crippen molar-refractivity contribution < 1.29 is 29.7 Å². The van der Waals surface area contributed by atoms with Crippen LogP contribution in [0.1, 0.15) is 228 Å². The van der Waals surface area contributed by atoms with Gasteiger partial charge in [-0.15, -0.1) is 0 Å². The van der Waals surface area contributed by atoms with Gasteiger partial charge in [-0.25, -0.2) is 0 Å². The van der Waals surface area contributed by atoms with Gasteiger partial charge in [0.05, 0.1) is 17.8 Å². The number of carboxylic acids is 3. The van der Waals surface area contributed by atoms with Crippen LogP contribution in [0.5, 0.6) is 0 Å². The molecule has 0 saturated heterocycles. The summed E-state index contributed by atoms with van der Waals surface area (Å²) >= 11 is 1.47. The van der Waals surface area contributed by atoms with Gasteiger partial charge < -0.3 is 15.3 Å². The molecule has 6 nitrogen and oxygen atoms in total. The Labute approximate surface area is 319 Å². The summed E-state index contributed by atoms with van der Waals surface area (Å²) in [7, 11) is 0. The second kappa shape index (κ2) is 47.2. The first kappa shape index (κ1) is 55.0. The Morgan fingerprint density at radius 2 is 0.571 bits per heavy atom. The molecule has 0 spiro atoms. The Bertz CT molecular complexity index is 594. The zero-order valence-electron chi connectivity index (χ0n) is 33.9. The van der Waals surface area contributed by atoms with Gasteiger partial charge in [-0.3, -0.25) is 14.4 Å². The maximum absolute atomic E-state index is 10.4. The first-order chi connectivity index (χ1) is 23.6. The van der Waals surface area contributed by atoms with Crippen LogP contribution in [0.2, 0.25) is 4.44 Å². The van der Waals surface area contributed by atoms with Crippen LogP contribution in [0.3, 0.4) is 0 Å². The summed E-state index contributed by atoms with van der Waals surface area (Å²) in [6.45, 7) is 14.3. The van der Waals surface area contributed by atoms with Crippen molar-refractivity contribution in [3.05, 3.63) is 0 Å². The van der Waals surface area contributed by atoms with Crippen molar-refractivity contribution in [2.75, 3.05) is 0 Å². The molecule has 0 aromatic heterocycles. The SMILES string of the molecule is CCCCC(CC)C(=O)O.CCCCC(CC)C(=O)O.CCCCC(CC)C(=O)O.CCCCCCCCCCCCCCCCC[CH2][SnH]. The molecular formula is C42H86O6Sn. The third-order valence-electron chi connectivity index (χ3n) is 9.30. The second-order valence-electron chi connectivity index (χ2n) is 13.8. The van der Waals surface area contributed by atoms with E-state index in [1.807, 2.05) is 20.8 Å². The van der Waals surface area contributed by atoms with E-state index in [-0.39, 0.29) is 17.8 Å².